The van der Waals surface area contributed by atoms with Crippen LogP contribution >= 0.6 is 0 Å². The maximum Gasteiger partial charge on any atom is 0.317 e. The third-order valence-electron chi connectivity index (χ3n) is 6.15. The average Bonchev–Trinajstić information content (AvgIpc) is 2.84. The second-order valence-electron chi connectivity index (χ2n) is 8.47. The molecule has 178 valence electrons. The van der Waals surface area contributed by atoms with Gasteiger partial charge >= 0.3 is 6.03 Å². The summed E-state index contributed by atoms with van der Waals surface area (Å²) >= 11 is 0. The lowest BCUT2D eigenvalue weighted by Gasteiger charge is -2.39. The van der Waals surface area contributed by atoms with Gasteiger partial charge in [0.15, 0.2) is 0 Å². The number of nitrogens with one attached hydrogen (secondary N) is 2. The van der Waals surface area contributed by atoms with Gasteiger partial charge in [-0.25, -0.2) is 9.18 Å². The first-order chi connectivity index (χ1) is 16.0. The average molecular weight is 456 g/mol. The van der Waals surface area contributed by atoms with Crippen molar-refractivity contribution in [1.29, 1.82) is 0 Å². The number of rotatable bonds is 9. The Hall–Kier alpha value is -3.09. The van der Waals surface area contributed by atoms with Crippen LogP contribution < -0.4 is 15.4 Å². The number of methoxy groups -OCH3 is 1. The number of unbranched alkanes of at least 4 members (excludes halogenated alkanes) is 1. The number of amides is 3. The highest BCUT2D eigenvalue weighted by Gasteiger charge is 2.35. The second kappa shape index (κ2) is 12.2. The van der Waals surface area contributed by atoms with Gasteiger partial charge in [-0.2, -0.15) is 0 Å². The molecule has 0 spiro atoms. The maximum atomic E-state index is 13.4. The number of carbonyl (C=O) groups is 2. The molecule has 0 aliphatic carbocycles. The first-order valence-corrected chi connectivity index (χ1v) is 11.7. The predicted octanol–water partition coefficient (Wildman–Crippen LogP) is 4.46. The number of piperidine rings is 1. The van der Waals surface area contributed by atoms with E-state index in [1.807, 2.05) is 24.3 Å². The quantitative estimate of drug-likeness (QED) is 0.549. The van der Waals surface area contributed by atoms with Gasteiger partial charge in [-0.3, -0.25) is 4.79 Å². The fourth-order valence-electron chi connectivity index (χ4n) is 4.18. The zero-order valence-corrected chi connectivity index (χ0v) is 19.5. The Kier molecular flexibility index (Phi) is 9.10. The van der Waals surface area contributed by atoms with Crippen molar-refractivity contribution in [3.8, 4) is 5.75 Å². The van der Waals surface area contributed by atoms with Crippen molar-refractivity contribution in [2.75, 3.05) is 26.7 Å². The Morgan fingerprint density at radius 1 is 1.03 bits per heavy atom. The van der Waals surface area contributed by atoms with Gasteiger partial charge < -0.3 is 20.3 Å². The summed E-state index contributed by atoms with van der Waals surface area (Å²) in [6.45, 7) is 3.54. The van der Waals surface area contributed by atoms with Crippen molar-refractivity contribution in [2.24, 2.45) is 5.92 Å². The Morgan fingerprint density at radius 2 is 1.76 bits per heavy atom. The highest BCUT2D eigenvalue weighted by atomic mass is 19.1. The molecule has 0 saturated carbocycles. The molecule has 1 aliphatic rings. The summed E-state index contributed by atoms with van der Waals surface area (Å²) in [7, 11) is 1.63. The largest absolute Gasteiger partial charge is 0.497 e. The van der Waals surface area contributed by atoms with Crippen molar-refractivity contribution in [3.05, 3.63) is 65.5 Å². The van der Waals surface area contributed by atoms with Gasteiger partial charge in [0.2, 0.25) is 5.91 Å². The first kappa shape index (κ1) is 24.6. The Balaban J connectivity index is 1.60. The van der Waals surface area contributed by atoms with Crippen LogP contribution in [-0.2, 0) is 11.2 Å². The van der Waals surface area contributed by atoms with Crippen LogP contribution in [0.3, 0.4) is 0 Å². The van der Waals surface area contributed by atoms with Crippen LogP contribution in [0.2, 0.25) is 0 Å². The van der Waals surface area contributed by atoms with Crippen molar-refractivity contribution < 1.29 is 18.7 Å². The topological polar surface area (TPSA) is 70.7 Å². The number of hydrogen-bond donors (Lipinski definition) is 2. The molecule has 1 heterocycles. The lowest BCUT2D eigenvalue weighted by atomic mass is 9.88. The van der Waals surface area contributed by atoms with Crippen LogP contribution in [-0.4, -0.2) is 43.6 Å². The van der Waals surface area contributed by atoms with E-state index in [9.17, 15) is 14.0 Å². The zero-order chi connectivity index (χ0) is 23.6. The van der Waals surface area contributed by atoms with Crippen LogP contribution in [0, 0.1) is 11.7 Å². The molecule has 2 aromatic carbocycles. The van der Waals surface area contributed by atoms with Crippen LogP contribution in [0.4, 0.5) is 9.18 Å². The highest BCUT2D eigenvalue weighted by Crippen LogP contribution is 2.33. The van der Waals surface area contributed by atoms with Crippen molar-refractivity contribution >= 4 is 11.9 Å². The zero-order valence-electron chi connectivity index (χ0n) is 19.5. The SMILES string of the molecule is CCCCNC(=O)N1C[C@@H](C(=O)NCCc2ccc(OC)cc2)CC[C@@H]1c1ccc(F)cc1. The van der Waals surface area contributed by atoms with Gasteiger partial charge in [0.1, 0.15) is 11.6 Å². The highest BCUT2D eigenvalue weighted by molar-refractivity contribution is 5.81. The van der Waals surface area contributed by atoms with Gasteiger partial charge in [-0.05, 0) is 61.1 Å². The Labute approximate surface area is 195 Å². The number of nitrogens with zero attached hydrogens (tertiary/aromatic N) is 1. The van der Waals surface area contributed by atoms with Crippen molar-refractivity contribution in [3.63, 3.8) is 0 Å². The molecule has 6 nitrogen and oxygen atoms in total. The van der Waals surface area contributed by atoms with Gasteiger partial charge in [-0.15, -0.1) is 0 Å². The second-order valence-corrected chi connectivity index (χ2v) is 8.47. The molecule has 1 fully saturated rings. The Morgan fingerprint density at radius 3 is 2.42 bits per heavy atom. The van der Waals surface area contributed by atoms with E-state index >= 15 is 0 Å². The summed E-state index contributed by atoms with van der Waals surface area (Å²) in [4.78, 5) is 27.5. The lowest BCUT2D eigenvalue weighted by molar-refractivity contribution is -0.126. The van der Waals surface area contributed by atoms with E-state index in [1.54, 1.807) is 24.1 Å². The predicted molar refractivity (Wildman–Crippen MR) is 127 cm³/mol. The molecule has 0 unspecified atom stereocenters. The molecule has 1 aliphatic heterocycles. The minimum atomic E-state index is -0.303. The van der Waals surface area contributed by atoms with Crippen molar-refractivity contribution in [1.82, 2.24) is 15.5 Å². The van der Waals surface area contributed by atoms with E-state index < -0.39 is 0 Å². The van der Waals surface area contributed by atoms with Crippen LogP contribution in [0.25, 0.3) is 0 Å². The molecule has 0 aromatic heterocycles. The summed E-state index contributed by atoms with van der Waals surface area (Å²) in [5, 5.41) is 5.99. The molecule has 1 saturated heterocycles. The van der Waals surface area contributed by atoms with E-state index in [4.69, 9.17) is 4.74 Å². The lowest BCUT2D eigenvalue weighted by Crippen LogP contribution is -2.50. The standard InChI is InChI=1S/C26H34FN3O3/c1-3-4-16-29-26(32)30-18-21(9-14-24(30)20-7-10-22(27)11-8-20)25(31)28-17-15-19-5-12-23(33-2)13-6-19/h5-8,10-13,21,24H,3-4,9,14-18H2,1-2H3,(H,28,31)(H,29,32)/t21-,24+/m0/s1. The van der Waals surface area contributed by atoms with E-state index in [0.29, 0.717) is 32.5 Å². The van der Waals surface area contributed by atoms with Gasteiger partial charge in [0.05, 0.1) is 19.1 Å². The summed E-state index contributed by atoms with van der Waals surface area (Å²) in [6.07, 6.45) is 3.94. The molecular formula is C26H34FN3O3. The van der Waals surface area contributed by atoms with E-state index in [1.165, 1.54) is 12.1 Å². The first-order valence-electron chi connectivity index (χ1n) is 11.7. The summed E-state index contributed by atoms with van der Waals surface area (Å²) in [5.41, 5.74) is 2.01. The van der Waals surface area contributed by atoms with E-state index in [-0.39, 0.29) is 29.7 Å². The molecule has 3 amide bonds. The third kappa shape index (κ3) is 6.94. The number of ether oxygens (including phenoxy) is 1. The molecule has 3 rings (SSSR count). The molecule has 0 bridgehead atoms. The smallest absolute Gasteiger partial charge is 0.317 e. The fraction of sp³-hybridized carbons (Fsp3) is 0.462. The van der Waals surface area contributed by atoms with Gasteiger partial charge in [0, 0.05) is 19.6 Å². The van der Waals surface area contributed by atoms with Gasteiger partial charge in [-0.1, -0.05) is 37.6 Å². The third-order valence-corrected chi connectivity index (χ3v) is 6.15. The maximum absolute atomic E-state index is 13.4. The number of likely N-dealkylation sites (tertiary alicyclic amines) is 1. The number of urea groups is 1. The fourth-order valence-corrected chi connectivity index (χ4v) is 4.18. The van der Waals surface area contributed by atoms with Crippen LogP contribution in [0.5, 0.6) is 5.75 Å². The molecule has 0 radical (unpaired) electrons. The molecule has 2 N–H and O–H groups in total. The number of hydrogen-bond acceptors (Lipinski definition) is 3. The van der Waals surface area contributed by atoms with E-state index in [2.05, 4.69) is 17.6 Å². The molecule has 33 heavy (non-hydrogen) atoms. The van der Waals surface area contributed by atoms with E-state index in [0.717, 1.165) is 36.1 Å². The van der Waals surface area contributed by atoms with Gasteiger partial charge in [0.25, 0.3) is 0 Å². The Bertz CT molecular complexity index is 902. The van der Waals surface area contributed by atoms with Crippen molar-refractivity contribution in [2.45, 2.75) is 45.1 Å². The number of benzene rings is 2. The minimum absolute atomic E-state index is 0.0348. The summed E-state index contributed by atoms with van der Waals surface area (Å²) in [5.74, 6) is 0.197. The summed E-state index contributed by atoms with van der Waals surface area (Å²) in [6, 6.07) is 13.7. The van der Waals surface area contributed by atoms with Crippen LogP contribution in [0.15, 0.2) is 48.5 Å². The van der Waals surface area contributed by atoms with Crippen LogP contribution in [0.1, 0.15) is 49.8 Å². The number of carbonyl (C=O) groups excluding carboxylic acids is 2. The molecular weight excluding hydrogens is 421 g/mol. The minimum Gasteiger partial charge on any atom is -0.497 e. The summed E-state index contributed by atoms with van der Waals surface area (Å²) < 4.78 is 18.6. The molecule has 7 heteroatoms. The molecule has 2 aromatic rings. The normalized spacial score (nSPS) is 18.0. The molecule has 2 atom stereocenters. The number of halogens is 1. The monoisotopic (exact) mass is 455 g/mol.